The number of aromatic hydroxyl groups is 4. The average molecular weight is 306 g/mol. The highest BCUT2D eigenvalue weighted by Crippen LogP contribution is 2.27. The van der Waals surface area contributed by atoms with E-state index in [0.29, 0.717) is 11.1 Å². The Bertz CT molecular complexity index is 598. The molecule has 0 fully saturated rings. The van der Waals surface area contributed by atoms with Gasteiger partial charge in [0, 0.05) is 12.8 Å². The van der Waals surface area contributed by atoms with Gasteiger partial charge >= 0.3 is 0 Å². The van der Waals surface area contributed by atoms with E-state index in [4.69, 9.17) is 0 Å². The first-order chi connectivity index (χ1) is 10.4. The summed E-state index contributed by atoms with van der Waals surface area (Å²) in [6.07, 6.45) is -1.97. The largest absolute Gasteiger partial charge is 0.504 e. The summed E-state index contributed by atoms with van der Waals surface area (Å²) in [5.74, 6) is -1.08. The highest BCUT2D eigenvalue weighted by atomic mass is 16.3. The number of phenols is 4. The van der Waals surface area contributed by atoms with Crippen LogP contribution in [-0.4, -0.2) is 42.8 Å². The van der Waals surface area contributed by atoms with Gasteiger partial charge in [-0.2, -0.15) is 0 Å². The van der Waals surface area contributed by atoms with Gasteiger partial charge in [0.2, 0.25) is 0 Å². The van der Waals surface area contributed by atoms with Crippen molar-refractivity contribution in [3.8, 4) is 23.0 Å². The molecule has 0 radical (unpaired) electrons. The van der Waals surface area contributed by atoms with Gasteiger partial charge in [0.15, 0.2) is 23.0 Å². The van der Waals surface area contributed by atoms with Crippen LogP contribution in [0, 0.1) is 0 Å². The molecule has 22 heavy (non-hydrogen) atoms. The number of aliphatic hydroxyl groups excluding tert-OH is 2. The van der Waals surface area contributed by atoms with Crippen molar-refractivity contribution in [2.45, 2.75) is 25.0 Å². The summed E-state index contributed by atoms with van der Waals surface area (Å²) in [5, 5.41) is 57.3. The first kappa shape index (κ1) is 15.9. The normalized spacial score (nSPS) is 13.7. The van der Waals surface area contributed by atoms with Crippen LogP contribution >= 0.6 is 0 Å². The highest BCUT2D eigenvalue weighted by Gasteiger charge is 2.18. The fourth-order valence-electron chi connectivity index (χ4n) is 2.15. The maximum Gasteiger partial charge on any atom is 0.157 e. The molecule has 0 aliphatic rings. The lowest BCUT2D eigenvalue weighted by molar-refractivity contribution is 0.0205. The molecule has 0 aromatic heterocycles. The van der Waals surface area contributed by atoms with Crippen molar-refractivity contribution in [3.05, 3.63) is 47.5 Å². The highest BCUT2D eigenvalue weighted by molar-refractivity contribution is 5.41. The monoisotopic (exact) mass is 306 g/mol. The van der Waals surface area contributed by atoms with E-state index in [2.05, 4.69) is 0 Å². The number of benzene rings is 2. The molecule has 2 rings (SSSR count). The Balaban J connectivity index is 2.00. The summed E-state index contributed by atoms with van der Waals surface area (Å²) < 4.78 is 0. The van der Waals surface area contributed by atoms with Crippen molar-refractivity contribution in [1.29, 1.82) is 0 Å². The molecular formula is C16H18O6. The maximum absolute atomic E-state index is 10.0. The van der Waals surface area contributed by atoms with Gasteiger partial charge in [-0.25, -0.2) is 0 Å². The maximum atomic E-state index is 10.0. The minimum absolute atomic E-state index is 0.0963. The molecular weight excluding hydrogens is 288 g/mol. The quantitative estimate of drug-likeness (QED) is 0.459. The van der Waals surface area contributed by atoms with Gasteiger partial charge in [-0.1, -0.05) is 12.1 Å². The van der Waals surface area contributed by atoms with Crippen LogP contribution in [0.3, 0.4) is 0 Å². The predicted molar refractivity (Wildman–Crippen MR) is 79.0 cm³/mol. The Morgan fingerprint density at radius 3 is 1.27 bits per heavy atom. The molecule has 2 atom stereocenters. The van der Waals surface area contributed by atoms with Crippen molar-refractivity contribution < 1.29 is 30.6 Å². The molecule has 0 heterocycles. The lowest BCUT2D eigenvalue weighted by Gasteiger charge is -2.18. The van der Waals surface area contributed by atoms with Crippen LogP contribution < -0.4 is 0 Å². The summed E-state index contributed by atoms with van der Waals surface area (Å²) in [7, 11) is 0. The third-order valence-corrected chi connectivity index (χ3v) is 3.41. The second-order valence-electron chi connectivity index (χ2n) is 5.19. The van der Waals surface area contributed by atoms with Crippen LogP contribution in [-0.2, 0) is 12.8 Å². The van der Waals surface area contributed by atoms with Crippen LogP contribution in [0.4, 0.5) is 0 Å². The van der Waals surface area contributed by atoms with E-state index in [-0.39, 0.29) is 35.8 Å². The predicted octanol–water partition coefficient (Wildman–Crippen LogP) is 1.02. The van der Waals surface area contributed by atoms with E-state index in [1.165, 1.54) is 36.4 Å². The van der Waals surface area contributed by atoms with Gasteiger partial charge in [-0.05, 0) is 35.4 Å². The van der Waals surface area contributed by atoms with Crippen molar-refractivity contribution in [3.63, 3.8) is 0 Å². The number of phenolic OH excluding ortho intramolecular Hbond substituents is 4. The van der Waals surface area contributed by atoms with Crippen molar-refractivity contribution in [2.24, 2.45) is 0 Å². The van der Waals surface area contributed by atoms with Gasteiger partial charge in [0.25, 0.3) is 0 Å². The Morgan fingerprint density at radius 1 is 0.591 bits per heavy atom. The summed E-state index contributed by atoms with van der Waals surface area (Å²) in [6.45, 7) is 0. The van der Waals surface area contributed by atoms with Gasteiger partial charge in [0.1, 0.15) is 0 Å². The van der Waals surface area contributed by atoms with Crippen molar-refractivity contribution >= 4 is 0 Å². The Labute approximate surface area is 127 Å². The number of hydrogen-bond donors (Lipinski definition) is 6. The molecule has 2 unspecified atom stereocenters. The topological polar surface area (TPSA) is 121 Å². The zero-order chi connectivity index (χ0) is 16.3. The van der Waals surface area contributed by atoms with E-state index in [1.807, 2.05) is 0 Å². The fraction of sp³-hybridized carbons (Fsp3) is 0.250. The molecule has 6 nitrogen and oxygen atoms in total. The molecule has 0 amide bonds. The van der Waals surface area contributed by atoms with Crippen molar-refractivity contribution in [2.75, 3.05) is 0 Å². The van der Waals surface area contributed by atoms with Crippen molar-refractivity contribution in [1.82, 2.24) is 0 Å². The van der Waals surface area contributed by atoms with E-state index in [1.54, 1.807) is 0 Å². The zero-order valence-corrected chi connectivity index (χ0v) is 11.7. The molecule has 0 saturated heterocycles. The molecule has 2 aromatic rings. The average Bonchev–Trinajstić information content (AvgIpc) is 2.46. The molecule has 6 heteroatoms. The molecule has 0 saturated carbocycles. The molecule has 0 spiro atoms. The summed E-state index contributed by atoms with van der Waals surface area (Å²) >= 11 is 0. The summed E-state index contributed by atoms with van der Waals surface area (Å²) in [5.41, 5.74) is 1.13. The van der Waals surface area contributed by atoms with E-state index >= 15 is 0 Å². The van der Waals surface area contributed by atoms with Crippen LogP contribution in [0.2, 0.25) is 0 Å². The third kappa shape index (κ3) is 3.81. The fourth-order valence-corrected chi connectivity index (χ4v) is 2.15. The van der Waals surface area contributed by atoms with Gasteiger partial charge in [-0.3, -0.25) is 0 Å². The van der Waals surface area contributed by atoms with E-state index < -0.39 is 12.2 Å². The van der Waals surface area contributed by atoms with Crippen LogP contribution in [0.5, 0.6) is 23.0 Å². The zero-order valence-electron chi connectivity index (χ0n) is 11.7. The van der Waals surface area contributed by atoms with Gasteiger partial charge in [0.05, 0.1) is 12.2 Å². The standard InChI is InChI=1S/C16H18O6/c17-11-3-1-9(5-13(11)19)7-15(21)16(22)8-10-2-4-12(18)14(20)6-10/h1-6,15-22H,7-8H2. The lowest BCUT2D eigenvalue weighted by atomic mass is 9.98. The Kier molecular flexibility index (Phi) is 4.75. The van der Waals surface area contributed by atoms with Crippen LogP contribution in [0.25, 0.3) is 0 Å². The molecule has 0 aliphatic carbocycles. The number of hydrogen-bond acceptors (Lipinski definition) is 6. The first-order valence-electron chi connectivity index (χ1n) is 6.74. The van der Waals surface area contributed by atoms with Crippen LogP contribution in [0.15, 0.2) is 36.4 Å². The number of aliphatic hydroxyl groups is 2. The molecule has 118 valence electrons. The summed E-state index contributed by atoms with van der Waals surface area (Å²) in [4.78, 5) is 0. The lowest BCUT2D eigenvalue weighted by Crippen LogP contribution is -2.29. The molecule has 0 bridgehead atoms. The van der Waals surface area contributed by atoms with Gasteiger partial charge in [-0.15, -0.1) is 0 Å². The van der Waals surface area contributed by atoms with Crippen LogP contribution in [0.1, 0.15) is 11.1 Å². The molecule has 2 aromatic carbocycles. The minimum Gasteiger partial charge on any atom is -0.504 e. The third-order valence-electron chi connectivity index (χ3n) is 3.41. The first-order valence-corrected chi connectivity index (χ1v) is 6.74. The van der Waals surface area contributed by atoms with E-state index in [9.17, 15) is 30.6 Å². The Hall–Kier alpha value is -2.44. The second-order valence-corrected chi connectivity index (χ2v) is 5.19. The Morgan fingerprint density at radius 2 is 0.955 bits per heavy atom. The number of rotatable bonds is 5. The molecule has 6 N–H and O–H groups in total. The minimum atomic E-state index is -1.08. The van der Waals surface area contributed by atoms with Gasteiger partial charge < -0.3 is 30.6 Å². The summed E-state index contributed by atoms with van der Waals surface area (Å²) in [6, 6.07) is 8.33. The molecule has 0 aliphatic heterocycles. The SMILES string of the molecule is Oc1ccc(CC(O)C(O)Cc2ccc(O)c(O)c2)cc1O. The smallest absolute Gasteiger partial charge is 0.157 e. The second kappa shape index (κ2) is 6.55. The van der Waals surface area contributed by atoms with E-state index in [0.717, 1.165) is 0 Å².